The Labute approximate surface area is 120 Å². The SMILES string of the molecule is COc1ncccc1C(=O)NCCN1CCCC(C)C1. The van der Waals surface area contributed by atoms with Gasteiger partial charge in [0, 0.05) is 25.8 Å². The van der Waals surface area contributed by atoms with E-state index < -0.39 is 0 Å². The minimum Gasteiger partial charge on any atom is -0.480 e. The number of amides is 1. The van der Waals surface area contributed by atoms with Crippen LogP contribution in [0.2, 0.25) is 0 Å². The average molecular weight is 277 g/mol. The summed E-state index contributed by atoms with van der Waals surface area (Å²) in [5, 5.41) is 2.94. The average Bonchev–Trinajstić information content (AvgIpc) is 2.47. The summed E-state index contributed by atoms with van der Waals surface area (Å²) < 4.78 is 5.09. The monoisotopic (exact) mass is 277 g/mol. The summed E-state index contributed by atoms with van der Waals surface area (Å²) >= 11 is 0. The van der Waals surface area contributed by atoms with Gasteiger partial charge in [-0.05, 0) is 37.4 Å². The van der Waals surface area contributed by atoms with Gasteiger partial charge in [-0.1, -0.05) is 6.92 Å². The number of likely N-dealkylation sites (tertiary alicyclic amines) is 1. The number of ether oxygens (including phenoxy) is 1. The lowest BCUT2D eigenvalue weighted by molar-refractivity contribution is 0.0940. The molecule has 110 valence electrons. The number of nitrogens with one attached hydrogen (secondary N) is 1. The minimum absolute atomic E-state index is 0.125. The second kappa shape index (κ2) is 7.24. The lowest BCUT2D eigenvalue weighted by Gasteiger charge is -2.30. The van der Waals surface area contributed by atoms with Gasteiger partial charge in [0.15, 0.2) is 0 Å². The van der Waals surface area contributed by atoms with Crippen molar-refractivity contribution < 1.29 is 9.53 Å². The zero-order valence-electron chi connectivity index (χ0n) is 12.3. The minimum atomic E-state index is -0.125. The summed E-state index contributed by atoms with van der Waals surface area (Å²) in [5.41, 5.74) is 0.488. The van der Waals surface area contributed by atoms with Gasteiger partial charge in [-0.15, -0.1) is 0 Å². The second-order valence-corrected chi connectivity index (χ2v) is 5.36. The Balaban J connectivity index is 1.80. The van der Waals surface area contributed by atoms with E-state index in [0.29, 0.717) is 18.0 Å². The molecule has 0 aliphatic carbocycles. The van der Waals surface area contributed by atoms with Crippen molar-refractivity contribution in [3.05, 3.63) is 23.9 Å². The van der Waals surface area contributed by atoms with Crippen LogP contribution in [0.3, 0.4) is 0 Å². The van der Waals surface area contributed by atoms with Crippen LogP contribution in [-0.2, 0) is 0 Å². The molecule has 0 bridgehead atoms. The van der Waals surface area contributed by atoms with Crippen molar-refractivity contribution in [2.24, 2.45) is 5.92 Å². The van der Waals surface area contributed by atoms with Crippen molar-refractivity contribution in [3.8, 4) is 5.88 Å². The van der Waals surface area contributed by atoms with Crippen LogP contribution in [0.25, 0.3) is 0 Å². The van der Waals surface area contributed by atoms with Crippen molar-refractivity contribution in [2.45, 2.75) is 19.8 Å². The van der Waals surface area contributed by atoms with Gasteiger partial charge in [0.05, 0.1) is 7.11 Å². The molecule has 1 aliphatic rings. The molecule has 0 saturated carbocycles. The van der Waals surface area contributed by atoms with Crippen molar-refractivity contribution in [1.29, 1.82) is 0 Å². The van der Waals surface area contributed by atoms with Crippen LogP contribution in [0, 0.1) is 5.92 Å². The number of piperidine rings is 1. The number of carbonyl (C=O) groups excluding carboxylic acids is 1. The second-order valence-electron chi connectivity index (χ2n) is 5.36. The summed E-state index contributed by atoms with van der Waals surface area (Å²) in [4.78, 5) is 18.5. The highest BCUT2D eigenvalue weighted by Gasteiger charge is 2.16. The van der Waals surface area contributed by atoms with E-state index in [1.54, 1.807) is 18.3 Å². The van der Waals surface area contributed by atoms with E-state index in [0.717, 1.165) is 25.6 Å². The predicted octanol–water partition coefficient (Wildman–Crippen LogP) is 1.55. The first kappa shape index (κ1) is 14.8. The number of rotatable bonds is 5. The molecular formula is C15H23N3O2. The fourth-order valence-electron chi connectivity index (χ4n) is 2.64. The molecule has 2 rings (SSSR count). The number of hydrogen-bond acceptors (Lipinski definition) is 4. The van der Waals surface area contributed by atoms with E-state index in [1.165, 1.54) is 20.0 Å². The maximum atomic E-state index is 12.1. The molecule has 0 radical (unpaired) electrons. The molecule has 1 fully saturated rings. The molecule has 5 nitrogen and oxygen atoms in total. The van der Waals surface area contributed by atoms with E-state index >= 15 is 0 Å². The molecule has 1 amide bonds. The maximum Gasteiger partial charge on any atom is 0.256 e. The zero-order chi connectivity index (χ0) is 14.4. The van der Waals surface area contributed by atoms with E-state index in [1.807, 2.05) is 0 Å². The van der Waals surface area contributed by atoms with Crippen LogP contribution < -0.4 is 10.1 Å². The topological polar surface area (TPSA) is 54.5 Å². The Hall–Kier alpha value is -1.62. The van der Waals surface area contributed by atoms with Crippen LogP contribution >= 0.6 is 0 Å². The van der Waals surface area contributed by atoms with Crippen molar-refractivity contribution in [2.75, 3.05) is 33.3 Å². The largest absolute Gasteiger partial charge is 0.480 e. The van der Waals surface area contributed by atoms with Gasteiger partial charge >= 0.3 is 0 Å². The van der Waals surface area contributed by atoms with Gasteiger partial charge < -0.3 is 15.0 Å². The van der Waals surface area contributed by atoms with E-state index in [4.69, 9.17) is 4.74 Å². The molecule has 1 atom stereocenters. The van der Waals surface area contributed by atoms with Crippen LogP contribution in [0.4, 0.5) is 0 Å². The molecule has 1 saturated heterocycles. The van der Waals surface area contributed by atoms with Crippen LogP contribution in [0.1, 0.15) is 30.1 Å². The third-order valence-electron chi connectivity index (χ3n) is 3.66. The van der Waals surface area contributed by atoms with Gasteiger partial charge in [0.2, 0.25) is 5.88 Å². The van der Waals surface area contributed by atoms with Gasteiger partial charge in [0.1, 0.15) is 5.56 Å². The molecule has 0 aromatic carbocycles. The smallest absolute Gasteiger partial charge is 0.256 e. The first-order valence-corrected chi connectivity index (χ1v) is 7.20. The highest BCUT2D eigenvalue weighted by molar-refractivity contribution is 5.96. The third-order valence-corrected chi connectivity index (χ3v) is 3.66. The van der Waals surface area contributed by atoms with Crippen LogP contribution in [-0.4, -0.2) is 49.1 Å². The fourth-order valence-corrected chi connectivity index (χ4v) is 2.64. The lowest BCUT2D eigenvalue weighted by Crippen LogP contribution is -2.40. The number of methoxy groups -OCH3 is 1. The van der Waals surface area contributed by atoms with E-state index in [-0.39, 0.29) is 5.91 Å². The number of pyridine rings is 1. The van der Waals surface area contributed by atoms with Gasteiger partial charge in [-0.2, -0.15) is 0 Å². The lowest BCUT2D eigenvalue weighted by atomic mass is 10.0. The number of nitrogens with zero attached hydrogens (tertiary/aromatic N) is 2. The van der Waals surface area contributed by atoms with Gasteiger partial charge in [0.25, 0.3) is 5.91 Å². The summed E-state index contributed by atoms with van der Waals surface area (Å²) in [6.07, 6.45) is 4.19. The Morgan fingerprint density at radius 3 is 3.20 bits per heavy atom. The summed E-state index contributed by atoms with van der Waals surface area (Å²) in [6, 6.07) is 3.47. The van der Waals surface area contributed by atoms with Crippen molar-refractivity contribution in [3.63, 3.8) is 0 Å². The molecule has 0 spiro atoms. The Bertz CT molecular complexity index is 450. The molecule has 2 heterocycles. The first-order chi connectivity index (χ1) is 9.70. The Kier molecular flexibility index (Phi) is 5.35. The Morgan fingerprint density at radius 2 is 2.45 bits per heavy atom. The first-order valence-electron chi connectivity index (χ1n) is 7.20. The number of carbonyl (C=O) groups is 1. The van der Waals surface area contributed by atoms with E-state index in [2.05, 4.69) is 22.1 Å². The maximum absolute atomic E-state index is 12.1. The standard InChI is InChI=1S/C15H23N3O2/c1-12-5-4-9-18(11-12)10-8-16-14(19)13-6-3-7-17-15(13)20-2/h3,6-7,12H,4-5,8-11H2,1-2H3,(H,16,19). The molecule has 1 aliphatic heterocycles. The molecule has 1 N–H and O–H groups in total. The highest BCUT2D eigenvalue weighted by atomic mass is 16.5. The molecule has 1 aromatic rings. The molecule has 20 heavy (non-hydrogen) atoms. The van der Waals surface area contributed by atoms with Crippen LogP contribution in [0.5, 0.6) is 5.88 Å². The number of hydrogen-bond donors (Lipinski definition) is 1. The summed E-state index contributed by atoms with van der Waals surface area (Å²) in [6.45, 7) is 6.11. The van der Waals surface area contributed by atoms with Gasteiger partial charge in [-0.3, -0.25) is 4.79 Å². The predicted molar refractivity (Wildman–Crippen MR) is 78.0 cm³/mol. The molecular weight excluding hydrogens is 254 g/mol. The quantitative estimate of drug-likeness (QED) is 0.887. The third kappa shape index (κ3) is 3.93. The fraction of sp³-hybridized carbons (Fsp3) is 0.600. The number of aromatic nitrogens is 1. The van der Waals surface area contributed by atoms with E-state index in [9.17, 15) is 4.79 Å². The molecule has 1 aromatic heterocycles. The van der Waals surface area contributed by atoms with Crippen molar-refractivity contribution >= 4 is 5.91 Å². The highest BCUT2D eigenvalue weighted by Crippen LogP contribution is 2.15. The molecule has 1 unspecified atom stereocenters. The van der Waals surface area contributed by atoms with Crippen molar-refractivity contribution in [1.82, 2.24) is 15.2 Å². The van der Waals surface area contributed by atoms with Gasteiger partial charge in [-0.25, -0.2) is 4.98 Å². The zero-order valence-corrected chi connectivity index (χ0v) is 12.3. The Morgan fingerprint density at radius 1 is 1.60 bits per heavy atom. The summed E-state index contributed by atoms with van der Waals surface area (Å²) in [5.74, 6) is 1.01. The van der Waals surface area contributed by atoms with Crippen LogP contribution in [0.15, 0.2) is 18.3 Å². The summed E-state index contributed by atoms with van der Waals surface area (Å²) in [7, 11) is 1.52. The normalized spacial score (nSPS) is 19.6. The molecule has 5 heteroatoms.